The molecule has 3 aromatic carbocycles. The lowest BCUT2D eigenvalue weighted by Crippen LogP contribution is -2.25. The minimum Gasteiger partial charge on any atom is -0.484 e. The van der Waals surface area contributed by atoms with Crippen LogP contribution in [0.25, 0.3) is 0 Å². The fourth-order valence-corrected chi connectivity index (χ4v) is 4.42. The van der Waals surface area contributed by atoms with Crippen molar-refractivity contribution in [1.29, 1.82) is 0 Å². The minimum absolute atomic E-state index is 0.0608. The molecule has 0 atom stereocenters. The van der Waals surface area contributed by atoms with Gasteiger partial charge in [0.25, 0.3) is 0 Å². The van der Waals surface area contributed by atoms with Crippen molar-refractivity contribution in [2.75, 3.05) is 6.54 Å². The summed E-state index contributed by atoms with van der Waals surface area (Å²) in [6.45, 7) is 1.02. The second-order valence-electron chi connectivity index (χ2n) is 7.15. The van der Waals surface area contributed by atoms with Gasteiger partial charge >= 0.3 is 0 Å². The third-order valence-corrected chi connectivity index (χ3v) is 6.10. The SMILES string of the molecule is O=C1CCc2ccc(c(Br)c2)Oc2cc(cc(Br)c2OCc2ccccc2)CCN1. The zero-order valence-electron chi connectivity index (χ0n) is 16.3. The van der Waals surface area contributed by atoms with Gasteiger partial charge in [0.05, 0.1) is 8.95 Å². The first-order chi connectivity index (χ1) is 14.6. The number of rotatable bonds is 3. The molecule has 6 heteroatoms. The van der Waals surface area contributed by atoms with Gasteiger partial charge in [0.1, 0.15) is 12.4 Å². The number of hydrogen-bond donors (Lipinski definition) is 1. The van der Waals surface area contributed by atoms with E-state index in [-0.39, 0.29) is 5.91 Å². The van der Waals surface area contributed by atoms with Crippen LogP contribution in [-0.4, -0.2) is 12.5 Å². The molecule has 2 aliphatic heterocycles. The van der Waals surface area contributed by atoms with E-state index < -0.39 is 0 Å². The first-order valence-corrected chi connectivity index (χ1v) is 11.4. The fraction of sp³-hybridized carbons (Fsp3) is 0.208. The molecule has 3 aromatic rings. The maximum atomic E-state index is 12.1. The smallest absolute Gasteiger partial charge is 0.220 e. The summed E-state index contributed by atoms with van der Waals surface area (Å²) in [7, 11) is 0. The average molecular weight is 531 g/mol. The van der Waals surface area contributed by atoms with Crippen LogP contribution < -0.4 is 14.8 Å². The van der Waals surface area contributed by atoms with Crippen molar-refractivity contribution in [3.8, 4) is 17.2 Å². The molecule has 0 spiro atoms. The van der Waals surface area contributed by atoms with Gasteiger partial charge in [-0.2, -0.15) is 0 Å². The second-order valence-corrected chi connectivity index (χ2v) is 8.85. The van der Waals surface area contributed by atoms with E-state index in [4.69, 9.17) is 9.47 Å². The molecule has 154 valence electrons. The topological polar surface area (TPSA) is 47.6 Å². The van der Waals surface area contributed by atoms with Crippen molar-refractivity contribution in [2.24, 2.45) is 0 Å². The molecular formula is C24H21Br2NO3. The Morgan fingerprint density at radius 2 is 1.67 bits per heavy atom. The van der Waals surface area contributed by atoms with Gasteiger partial charge < -0.3 is 14.8 Å². The Morgan fingerprint density at radius 3 is 2.47 bits per heavy atom. The Kier molecular flexibility index (Phi) is 6.75. The molecule has 2 aliphatic rings. The van der Waals surface area contributed by atoms with Gasteiger partial charge in [-0.3, -0.25) is 4.79 Å². The molecule has 0 radical (unpaired) electrons. The van der Waals surface area contributed by atoms with Gasteiger partial charge in [0.2, 0.25) is 5.91 Å². The maximum absolute atomic E-state index is 12.1. The molecule has 0 fully saturated rings. The van der Waals surface area contributed by atoms with Crippen LogP contribution in [0.3, 0.4) is 0 Å². The van der Waals surface area contributed by atoms with Crippen LogP contribution in [0.5, 0.6) is 17.2 Å². The van der Waals surface area contributed by atoms with Crippen LogP contribution in [-0.2, 0) is 24.2 Å². The van der Waals surface area contributed by atoms with Gasteiger partial charge in [-0.1, -0.05) is 36.4 Å². The van der Waals surface area contributed by atoms with Gasteiger partial charge in [-0.05, 0) is 85.7 Å². The lowest BCUT2D eigenvalue weighted by atomic mass is 10.1. The van der Waals surface area contributed by atoms with E-state index in [9.17, 15) is 4.79 Å². The molecule has 0 unspecified atom stereocenters. The number of ether oxygens (including phenoxy) is 2. The first-order valence-electron chi connectivity index (χ1n) is 9.80. The van der Waals surface area contributed by atoms with Crippen LogP contribution in [0.15, 0.2) is 69.6 Å². The average Bonchev–Trinajstić information content (AvgIpc) is 2.73. The number of amides is 1. The van der Waals surface area contributed by atoms with Crippen molar-refractivity contribution in [1.82, 2.24) is 5.32 Å². The monoisotopic (exact) mass is 529 g/mol. The van der Waals surface area contributed by atoms with Crippen molar-refractivity contribution in [3.05, 3.63) is 86.3 Å². The third kappa shape index (κ3) is 5.24. The first kappa shape index (κ1) is 20.9. The second kappa shape index (κ2) is 9.67. The number of nitrogens with one attached hydrogen (secondary N) is 1. The number of aryl methyl sites for hydroxylation is 1. The number of hydrogen-bond acceptors (Lipinski definition) is 3. The van der Waals surface area contributed by atoms with E-state index in [0.717, 1.165) is 25.6 Å². The molecule has 1 N–H and O–H groups in total. The van der Waals surface area contributed by atoms with Gasteiger partial charge in [0, 0.05) is 13.0 Å². The maximum Gasteiger partial charge on any atom is 0.220 e. The van der Waals surface area contributed by atoms with Gasteiger partial charge in [0.15, 0.2) is 11.5 Å². The number of carbonyl (C=O) groups is 1. The normalized spacial score (nSPS) is 13.9. The molecule has 0 aromatic heterocycles. The molecule has 0 aliphatic carbocycles. The van der Waals surface area contributed by atoms with Crippen molar-refractivity contribution in [2.45, 2.75) is 25.9 Å². The Labute approximate surface area is 192 Å². The summed E-state index contributed by atoms with van der Waals surface area (Å²) in [5.41, 5.74) is 3.21. The summed E-state index contributed by atoms with van der Waals surface area (Å²) in [5.74, 6) is 2.04. The van der Waals surface area contributed by atoms with Crippen molar-refractivity contribution < 1.29 is 14.3 Å². The molecule has 4 nitrogen and oxygen atoms in total. The Morgan fingerprint density at radius 1 is 0.867 bits per heavy atom. The quantitative estimate of drug-likeness (QED) is 0.439. The molecule has 0 saturated carbocycles. The Hall–Kier alpha value is -2.31. The highest BCUT2D eigenvalue weighted by Crippen LogP contribution is 2.41. The fourth-order valence-electron chi connectivity index (χ4n) is 3.31. The highest BCUT2D eigenvalue weighted by atomic mass is 79.9. The van der Waals surface area contributed by atoms with E-state index in [0.29, 0.717) is 49.7 Å². The molecule has 2 heterocycles. The summed E-state index contributed by atoms with van der Waals surface area (Å²) >= 11 is 7.24. The molecule has 0 saturated heterocycles. The number of halogens is 2. The molecule has 5 rings (SSSR count). The van der Waals surface area contributed by atoms with Crippen molar-refractivity contribution in [3.63, 3.8) is 0 Å². The lowest BCUT2D eigenvalue weighted by Gasteiger charge is -2.18. The van der Waals surface area contributed by atoms with Gasteiger partial charge in [-0.25, -0.2) is 0 Å². The summed E-state index contributed by atoms with van der Waals surface area (Å²) in [5, 5.41) is 2.99. The van der Waals surface area contributed by atoms with Crippen LogP contribution in [0.2, 0.25) is 0 Å². The highest BCUT2D eigenvalue weighted by Gasteiger charge is 2.16. The van der Waals surface area contributed by atoms with E-state index in [1.807, 2.05) is 60.7 Å². The molecule has 4 bridgehead atoms. The van der Waals surface area contributed by atoms with E-state index >= 15 is 0 Å². The lowest BCUT2D eigenvalue weighted by molar-refractivity contribution is -0.121. The van der Waals surface area contributed by atoms with E-state index in [1.165, 1.54) is 0 Å². The third-order valence-electron chi connectivity index (χ3n) is 4.89. The van der Waals surface area contributed by atoms with E-state index in [1.54, 1.807) is 0 Å². The van der Waals surface area contributed by atoms with Crippen molar-refractivity contribution >= 4 is 37.8 Å². The molecule has 1 amide bonds. The summed E-state index contributed by atoms with van der Waals surface area (Å²) < 4.78 is 14.1. The zero-order valence-corrected chi connectivity index (χ0v) is 19.5. The van der Waals surface area contributed by atoms with Crippen LogP contribution in [0, 0.1) is 0 Å². The summed E-state index contributed by atoms with van der Waals surface area (Å²) in [4.78, 5) is 12.1. The van der Waals surface area contributed by atoms with Crippen LogP contribution in [0.4, 0.5) is 0 Å². The largest absolute Gasteiger partial charge is 0.484 e. The predicted molar refractivity (Wildman–Crippen MR) is 124 cm³/mol. The predicted octanol–water partition coefficient (Wildman–Crippen LogP) is 6.19. The molecule has 30 heavy (non-hydrogen) atoms. The Balaban J connectivity index is 1.69. The zero-order chi connectivity index (χ0) is 20.9. The number of fused-ring (bicyclic) bond motifs is 7. The van der Waals surface area contributed by atoms with Gasteiger partial charge in [-0.15, -0.1) is 0 Å². The molecular weight excluding hydrogens is 510 g/mol. The minimum atomic E-state index is 0.0608. The highest BCUT2D eigenvalue weighted by molar-refractivity contribution is 9.11. The Bertz CT molecular complexity index is 1050. The number of carbonyl (C=O) groups excluding carboxylic acids is 1. The summed E-state index contributed by atoms with van der Waals surface area (Å²) in [6.07, 6.45) is 1.86. The van der Waals surface area contributed by atoms with E-state index in [2.05, 4.69) is 37.2 Å². The van der Waals surface area contributed by atoms with Crippen LogP contribution >= 0.6 is 31.9 Å². The summed E-state index contributed by atoms with van der Waals surface area (Å²) in [6, 6.07) is 19.9. The number of benzene rings is 3. The van der Waals surface area contributed by atoms with Crippen LogP contribution in [0.1, 0.15) is 23.1 Å². The standard InChI is InChI=1S/C24H21Br2NO3/c25-19-12-16-6-8-21(19)30-22-14-18(10-11-27-23(28)9-7-16)13-20(26)24(22)29-15-17-4-2-1-3-5-17/h1-6,8,12-14H,7,9-11,15H2,(H,27,28).